The summed E-state index contributed by atoms with van der Waals surface area (Å²) >= 11 is 6.42. The lowest BCUT2D eigenvalue weighted by Crippen LogP contribution is -2.35. The van der Waals surface area contributed by atoms with E-state index in [1.54, 1.807) is 43.6 Å². The molecule has 10 nitrogen and oxygen atoms in total. The molecule has 1 aromatic carbocycles. The number of fused-ring (bicyclic) bond motifs is 2. The van der Waals surface area contributed by atoms with Crippen LogP contribution in [0.5, 0.6) is 5.75 Å². The van der Waals surface area contributed by atoms with Crippen LogP contribution < -0.4 is 10.1 Å². The molecule has 1 saturated heterocycles. The second kappa shape index (κ2) is 9.51. The van der Waals surface area contributed by atoms with Gasteiger partial charge in [-0.05, 0) is 62.4 Å². The molecule has 5 rings (SSSR count). The number of carbonyl (C=O) groups excluding carboxylic acids is 3. The molecule has 3 amide bonds. The van der Waals surface area contributed by atoms with E-state index in [4.69, 9.17) is 21.1 Å². The summed E-state index contributed by atoms with van der Waals surface area (Å²) in [5.41, 5.74) is 2.64. The van der Waals surface area contributed by atoms with Crippen molar-refractivity contribution < 1.29 is 23.9 Å². The maximum absolute atomic E-state index is 12.8. The maximum atomic E-state index is 12.8. The van der Waals surface area contributed by atoms with Crippen molar-refractivity contribution in [1.82, 2.24) is 24.8 Å². The van der Waals surface area contributed by atoms with Crippen LogP contribution in [0.15, 0.2) is 30.7 Å². The van der Waals surface area contributed by atoms with Crippen LogP contribution in [0.25, 0.3) is 16.8 Å². The van der Waals surface area contributed by atoms with Crippen LogP contribution in [-0.2, 0) is 20.9 Å². The van der Waals surface area contributed by atoms with Gasteiger partial charge in [0.1, 0.15) is 30.0 Å². The van der Waals surface area contributed by atoms with Crippen LogP contribution in [0.4, 0.5) is 4.79 Å². The Labute approximate surface area is 231 Å². The third-order valence-electron chi connectivity index (χ3n) is 7.21. The number of rotatable bonds is 7. The summed E-state index contributed by atoms with van der Waals surface area (Å²) in [6.45, 7) is 11.8. The SMILES string of the molecule is Cc1cc(Cl)cc(-c2ncnn3cc(CN4C(=O)C5C(C4=O)C5(C)C)cc23)c1OCCNC(=O)OC(C)(C)C. The van der Waals surface area contributed by atoms with Crippen molar-refractivity contribution in [2.24, 2.45) is 17.3 Å². The van der Waals surface area contributed by atoms with Crippen LogP contribution in [-0.4, -0.2) is 56.2 Å². The Hall–Kier alpha value is -3.66. The summed E-state index contributed by atoms with van der Waals surface area (Å²) in [6.07, 6.45) is 2.70. The first-order chi connectivity index (χ1) is 18.3. The second-order valence-electron chi connectivity index (χ2n) is 11.7. The lowest BCUT2D eigenvalue weighted by molar-refractivity contribution is -0.143. The van der Waals surface area contributed by atoms with Crippen molar-refractivity contribution >= 4 is 35.0 Å². The molecule has 2 unspecified atom stereocenters. The van der Waals surface area contributed by atoms with Crippen molar-refractivity contribution in [2.75, 3.05) is 13.2 Å². The van der Waals surface area contributed by atoms with Crippen molar-refractivity contribution in [1.29, 1.82) is 0 Å². The third kappa shape index (κ3) is 5.05. The molecule has 206 valence electrons. The summed E-state index contributed by atoms with van der Waals surface area (Å²) in [7, 11) is 0. The number of hydrogen-bond acceptors (Lipinski definition) is 7. The summed E-state index contributed by atoms with van der Waals surface area (Å²) in [4.78, 5) is 43.5. The van der Waals surface area contributed by atoms with E-state index >= 15 is 0 Å². The monoisotopic (exact) mass is 553 g/mol. The Morgan fingerprint density at radius 1 is 1.15 bits per heavy atom. The summed E-state index contributed by atoms with van der Waals surface area (Å²) in [5.74, 6) is -0.107. The molecular weight excluding hydrogens is 522 g/mol. The second-order valence-corrected chi connectivity index (χ2v) is 12.1. The Balaban J connectivity index is 1.37. The minimum absolute atomic E-state index is 0.113. The number of nitrogens with zero attached hydrogens (tertiary/aromatic N) is 4. The van der Waals surface area contributed by atoms with Crippen LogP contribution in [0, 0.1) is 24.2 Å². The van der Waals surface area contributed by atoms with Crippen LogP contribution >= 0.6 is 11.6 Å². The predicted molar refractivity (Wildman–Crippen MR) is 144 cm³/mol. The number of nitrogens with one attached hydrogen (secondary N) is 1. The quantitative estimate of drug-likeness (QED) is 0.340. The minimum Gasteiger partial charge on any atom is -0.491 e. The van der Waals surface area contributed by atoms with Crippen molar-refractivity contribution in [3.05, 3.63) is 46.9 Å². The lowest BCUT2D eigenvalue weighted by Gasteiger charge is -2.20. The van der Waals surface area contributed by atoms with E-state index < -0.39 is 11.7 Å². The number of halogens is 1. The average molecular weight is 554 g/mol. The molecule has 39 heavy (non-hydrogen) atoms. The molecule has 11 heteroatoms. The van der Waals surface area contributed by atoms with Crippen LogP contribution in [0.3, 0.4) is 0 Å². The lowest BCUT2D eigenvalue weighted by atomic mass is 10.0. The highest BCUT2D eigenvalue weighted by molar-refractivity contribution is 6.31. The molecule has 1 N–H and O–H groups in total. The Morgan fingerprint density at radius 3 is 2.51 bits per heavy atom. The van der Waals surface area contributed by atoms with Crippen molar-refractivity contribution in [3.8, 4) is 17.0 Å². The van der Waals surface area contributed by atoms with E-state index in [1.807, 2.05) is 26.8 Å². The van der Waals surface area contributed by atoms with Gasteiger partial charge in [-0.15, -0.1) is 0 Å². The van der Waals surface area contributed by atoms with Gasteiger partial charge in [-0.3, -0.25) is 14.5 Å². The van der Waals surface area contributed by atoms with Gasteiger partial charge in [0.2, 0.25) is 11.8 Å². The largest absolute Gasteiger partial charge is 0.491 e. The number of benzene rings is 1. The van der Waals surface area contributed by atoms with Gasteiger partial charge in [0.25, 0.3) is 0 Å². The Morgan fingerprint density at radius 2 is 1.85 bits per heavy atom. The van der Waals surface area contributed by atoms with E-state index in [0.717, 1.165) is 11.1 Å². The molecule has 1 aliphatic heterocycles. The zero-order chi connectivity index (χ0) is 28.3. The number of ether oxygens (including phenoxy) is 2. The Bertz CT molecular complexity index is 1470. The van der Waals surface area contributed by atoms with Gasteiger partial charge in [0.05, 0.1) is 30.4 Å². The summed E-state index contributed by atoms with van der Waals surface area (Å²) in [5, 5.41) is 7.53. The number of carbonyl (C=O) groups is 3. The fourth-order valence-electron chi connectivity index (χ4n) is 5.34. The van der Waals surface area contributed by atoms with E-state index in [9.17, 15) is 14.4 Å². The van der Waals surface area contributed by atoms with Crippen molar-refractivity contribution in [2.45, 2.75) is 53.7 Å². The number of piperidine rings is 1. The molecule has 3 heterocycles. The number of hydrogen-bond donors (Lipinski definition) is 1. The third-order valence-corrected chi connectivity index (χ3v) is 7.42. The normalized spacial score (nSPS) is 19.8. The average Bonchev–Trinajstić information content (AvgIpc) is 3.08. The number of amides is 3. The summed E-state index contributed by atoms with van der Waals surface area (Å²) in [6, 6.07) is 5.43. The zero-order valence-corrected chi connectivity index (χ0v) is 23.6. The molecule has 3 aromatic rings. The first-order valence-corrected chi connectivity index (χ1v) is 13.2. The molecule has 2 aliphatic rings. The van der Waals surface area contributed by atoms with Crippen molar-refractivity contribution in [3.63, 3.8) is 0 Å². The molecule has 2 aromatic heterocycles. The predicted octanol–water partition coefficient (Wildman–Crippen LogP) is 4.40. The highest BCUT2D eigenvalue weighted by Crippen LogP contribution is 2.63. The molecular formula is C28H32ClN5O5. The maximum Gasteiger partial charge on any atom is 0.407 e. The van der Waals surface area contributed by atoms with Gasteiger partial charge < -0.3 is 14.8 Å². The smallest absolute Gasteiger partial charge is 0.407 e. The van der Waals surface area contributed by atoms with Gasteiger partial charge >= 0.3 is 6.09 Å². The standard InChI is InChI=1S/C28H32ClN5O5/c1-15-9-17(29)11-18(23(15)38-8-7-30-26(37)39-27(2,3)4)22-19-10-16(13-34(19)32-14-31-22)12-33-24(35)20-21(25(33)36)28(20,5)6/h9-11,13-14,20-21H,7-8,12H2,1-6H3,(H,30,37). The minimum atomic E-state index is -0.592. The number of likely N-dealkylation sites (tertiary alicyclic amines) is 1. The molecule has 0 bridgehead atoms. The molecule has 2 fully saturated rings. The number of aryl methyl sites for hydroxylation is 1. The number of aromatic nitrogens is 3. The molecule has 2 atom stereocenters. The number of imide groups is 1. The highest BCUT2D eigenvalue weighted by Gasteiger charge is 2.72. The van der Waals surface area contributed by atoms with Gasteiger partial charge in [-0.25, -0.2) is 14.3 Å². The number of alkyl carbamates (subject to hydrolysis) is 1. The van der Waals surface area contributed by atoms with E-state index in [1.165, 1.54) is 11.2 Å². The Kier molecular flexibility index (Phi) is 6.57. The van der Waals surface area contributed by atoms with E-state index in [2.05, 4.69) is 15.4 Å². The fraction of sp³-hybridized carbons (Fsp3) is 0.464. The van der Waals surface area contributed by atoms with E-state index in [-0.39, 0.29) is 48.8 Å². The van der Waals surface area contributed by atoms with Gasteiger partial charge in [0.15, 0.2) is 0 Å². The first-order valence-electron chi connectivity index (χ1n) is 12.9. The molecule has 0 spiro atoms. The van der Waals surface area contributed by atoms with Crippen LogP contribution in [0.1, 0.15) is 45.7 Å². The topological polar surface area (TPSA) is 115 Å². The highest BCUT2D eigenvalue weighted by atomic mass is 35.5. The molecule has 1 saturated carbocycles. The van der Waals surface area contributed by atoms with Crippen LogP contribution in [0.2, 0.25) is 5.02 Å². The van der Waals surface area contributed by atoms with Gasteiger partial charge in [-0.2, -0.15) is 5.10 Å². The van der Waals surface area contributed by atoms with Gasteiger partial charge in [-0.1, -0.05) is 25.4 Å². The van der Waals surface area contributed by atoms with Gasteiger partial charge in [0, 0.05) is 16.8 Å². The first kappa shape index (κ1) is 26.9. The summed E-state index contributed by atoms with van der Waals surface area (Å²) < 4.78 is 13.0. The van der Waals surface area contributed by atoms with E-state index in [0.29, 0.717) is 27.5 Å². The zero-order valence-electron chi connectivity index (χ0n) is 22.9. The molecule has 1 aliphatic carbocycles. The molecule has 0 radical (unpaired) electrons. The fourth-order valence-corrected chi connectivity index (χ4v) is 5.61.